The van der Waals surface area contributed by atoms with E-state index in [0.29, 0.717) is 36.9 Å². The van der Waals surface area contributed by atoms with E-state index in [1.165, 1.54) is 12.1 Å². The quantitative estimate of drug-likeness (QED) is 0.265. The molecule has 38 heavy (non-hydrogen) atoms. The predicted molar refractivity (Wildman–Crippen MR) is 142 cm³/mol. The first-order valence-electron chi connectivity index (χ1n) is 13.1. The van der Waals surface area contributed by atoms with Crippen molar-refractivity contribution in [1.82, 2.24) is 4.90 Å². The summed E-state index contributed by atoms with van der Waals surface area (Å²) in [7, 11) is 0. The van der Waals surface area contributed by atoms with Crippen LogP contribution in [0.1, 0.15) is 32.3 Å². The number of fused-ring (bicyclic) bond motifs is 2. The number of carbonyl (C=O) groups excluding carboxylic acids is 2. The molecule has 2 heterocycles. The van der Waals surface area contributed by atoms with Gasteiger partial charge in [-0.3, -0.25) is 9.59 Å². The van der Waals surface area contributed by atoms with Gasteiger partial charge in [-0.1, -0.05) is 50.3 Å². The van der Waals surface area contributed by atoms with Crippen LogP contribution in [0.5, 0.6) is 0 Å². The zero-order valence-electron chi connectivity index (χ0n) is 21.8. The third-order valence-electron chi connectivity index (χ3n) is 7.26. The van der Waals surface area contributed by atoms with Gasteiger partial charge in [0.05, 0.1) is 6.04 Å². The van der Waals surface area contributed by atoms with Crippen molar-refractivity contribution in [2.75, 3.05) is 31.6 Å². The Morgan fingerprint density at radius 1 is 1.16 bits per heavy atom. The van der Waals surface area contributed by atoms with Gasteiger partial charge in [-0.15, -0.1) is 0 Å². The molecular weight excluding hydrogens is 490 g/mol. The molecule has 4 rings (SSSR count). The Morgan fingerprint density at radius 3 is 2.53 bits per heavy atom. The Hall–Kier alpha value is -3.36. The molecule has 0 aliphatic carbocycles. The van der Waals surface area contributed by atoms with Crippen molar-refractivity contribution in [3.05, 3.63) is 89.0 Å². The van der Waals surface area contributed by atoms with Crippen LogP contribution in [-0.4, -0.2) is 61.1 Å². The third kappa shape index (κ3) is 6.03. The number of ketones is 1. The van der Waals surface area contributed by atoms with Crippen LogP contribution in [0.2, 0.25) is 0 Å². The molecule has 0 amide bonds. The predicted octanol–water partition coefficient (Wildman–Crippen LogP) is 4.86. The topological polar surface area (TPSA) is 67.9 Å². The van der Waals surface area contributed by atoms with Gasteiger partial charge in [-0.05, 0) is 56.2 Å². The number of ether oxygens (including phenoxy) is 2. The Morgan fingerprint density at radius 2 is 1.87 bits per heavy atom. The SMILES string of the molecule is CCN(CC)CCCC(=O)C1=C(COC=O)C2C=CC1(C(Cc1ccccc1)Nc1cc(F)cc(F)c1)O2. The molecule has 6 nitrogen and oxygen atoms in total. The lowest BCUT2D eigenvalue weighted by Crippen LogP contribution is -2.49. The summed E-state index contributed by atoms with van der Waals surface area (Å²) in [6, 6.07) is 12.3. The molecule has 3 atom stereocenters. The largest absolute Gasteiger partial charge is 0.463 e. The van der Waals surface area contributed by atoms with Crippen LogP contribution in [0.4, 0.5) is 14.5 Å². The molecule has 3 unspecified atom stereocenters. The summed E-state index contributed by atoms with van der Waals surface area (Å²) in [5.41, 5.74) is 1.07. The highest BCUT2D eigenvalue weighted by Crippen LogP contribution is 2.47. The Bertz CT molecular complexity index is 1180. The first-order chi connectivity index (χ1) is 18.4. The van der Waals surface area contributed by atoms with E-state index in [2.05, 4.69) is 24.1 Å². The minimum absolute atomic E-state index is 0.0655. The van der Waals surface area contributed by atoms with Crippen LogP contribution in [0.25, 0.3) is 0 Å². The molecule has 0 aromatic heterocycles. The standard InChI is InChI=1S/C30H34F2N2O4/c1-3-34(4-2)14-8-11-26(36)29-25(19-37-20-35)27-12-13-30(29,38-27)28(15-21-9-6-5-7-10-21)33-24-17-22(31)16-23(32)18-24/h5-7,9-10,12-13,16-18,20,27-28,33H,3-4,8,11,14-15,19H2,1-2H3. The zero-order chi connectivity index (χ0) is 27.1. The van der Waals surface area contributed by atoms with E-state index in [1.54, 1.807) is 0 Å². The number of hydrogen-bond donors (Lipinski definition) is 1. The monoisotopic (exact) mass is 524 g/mol. The lowest BCUT2D eigenvalue weighted by molar-refractivity contribution is -0.128. The molecule has 2 aliphatic rings. The highest BCUT2D eigenvalue weighted by Gasteiger charge is 2.55. The molecule has 0 saturated carbocycles. The maximum Gasteiger partial charge on any atom is 0.293 e. The van der Waals surface area contributed by atoms with Crippen molar-refractivity contribution in [2.45, 2.75) is 50.9 Å². The lowest BCUT2D eigenvalue weighted by atomic mass is 9.76. The molecule has 2 aromatic rings. The number of rotatable bonds is 15. The van der Waals surface area contributed by atoms with Gasteiger partial charge < -0.3 is 19.7 Å². The van der Waals surface area contributed by atoms with E-state index in [9.17, 15) is 18.4 Å². The minimum Gasteiger partial charge on any atom is -0.463 e. The molecular formula is C30H34F2N2O4. The van der Waals surface area contributed by atoms with Crippen molar-refractivity contribution in [3.8, 4) is 0 Å². The van der Waals surface area contributed by atoms with Crippen LogP contribution >= 0.6 is 0 Å². The normalized spacial score (nSPS) is 20.7. The average molecular weight is 525 g/mol. The fourth-order valence-electron chi connectivity index (χ4n) is 5.42. The van der Waals surface area contributed by atoms with Gasteiger partial charge in [0.15, 0.2) is 5.78 Å². The molecule has 2 bridgehead atoms. The molecule has 0 fully saturated rings. The summed E-state index contributed by atoms with van der Waals surface area (Å²) in [5.74, 6) is -1.50. The van der Waals surface area contributed by atoms with Crippen molar-refractivity contribution in [2.24, 2.45) is 0 Å². The van der Waals surface area contributed by atoms with Gasteiger partial charge in [0.1, 0.15) is 29.9 Å². The molecule has 202 valence electrons. The second kappa shape index (κ2) is 12.5. The van der Waals surface area contributed by atoms with E-state index >= 15 is 0 Å². The third-order valence-corrected chi connectivity index (χ3v) is 7.26. The van der Waals surface area contributed by atoms with Crippen molar-refractivity contribution >= 4 is 17.9 Å². The number of nitrogens with zero attached hydrogens (tertiary/aromatic N) is 1. The minimum atomic E-state index is -1.20. The Kier molecular flexibility index (Phi) is 9.07. The van der Waals surface area contributed by atoms with E-state index in [4.69, 9.17) is 9.47 Å². The molecule has 8 heteroatoms. The molecule has 2 aliphatic heterocycles. The fourth-order valence-corrected chi connectivity index (χ4v) is 5.42. The Labute approximate surface area is 222 Å². The summed E-state index contributed by atoms with van der Waals surface area (Å²) in [6.07, 6.45) is 4.56. The molecule has 1 N–H and O–H groups in total. The maximum absolute atomic E-state index is 14.1. The van der Waals surface area contributed by atoms with Crippen LogP contribution in [-0.2, 0) is 25.5 Å². The van der Waals surface area contributed by atoms with Crippen LogP contribution in [0, 0.1) is 11.6 Å². The number of halogens is 2. The highest BCUT2D eigenvalue weighted by atomic mass is 19.1. The van der Waals surface area contributed by atoms with E-state index in [1.807, 2.05) is 42.5 Å². The van der Waals surface area contributed by atoms with Crippen LogP contribution < -0.4 is 5.32 Å². The highest BCUT2D eigenvalue weighted by molar-refractivity contribution is 6.00. The maximum atomic E-state index is 14.1. The van der Waals surface area contributed by atoms with Crippen molar-refractivity contribution in [3.63, 3.8) is 0 Å². The summed E-state index contributed by atoms with van der Waals surface area (Å²) in [4.78, 5) is 27.1. The van der Waals surface area contributed by atoms with Gasteiger partial charge in [0.2, 0.25) is 0 Å². The van der Waals surface area contributed by atoms with Crippen molar-refractivity contribution in [1.29, 1.82) is 0 Å². The van der Waals surface area contributed by atoms with E-state index in [0.717, 1.165) is 31.3 Å². The molecule has 2 aromatic carbocycles. The van der Waals surface area contributed by atoms with Gasteiger partial charge >= 0.3 is 0 Å². The zero-order valence-corrected chi connectivity index (χ0v) is 21.8. The van der Waals surface area contributed by atoms with E-state index in [-0.39, 0.29) is 18.1 Å². The number of carbonyl (C=O) groups is 2. The average Bonchev–Trinajstić information content (AvgIpc) is 3.48. The first kappa shape index (κ1) is 27.7. The van der Waals surface area contributed by atoms with Crippen molar-refractivity contribution < 1.29 is 27.8 Å². The summed E-state index contributed by atoms with van der Waals surface area (Å²) in [6.45, 7) is 7.04. The van der Waals surface area contributed by atoms with Crippen LogP contribution in [0.3, 0.4) is 0 Å². The van der Waals surface area contributed by atoms with Gasteiger partial charge in [0, 0.05) is 29.3 Å². The summed E-state index contributed by atoms with van der Waals surface area (Å²) < 4.78 is 39.8. The molecule has 0 radical (unpaired) electrons. The second-order valence-corrected chi connectivity index (χ2v) is 9.60. The number of Topliss-reactive ketones (excluding diaryl/α,β-unsaturated/α-hetero) is 1. The van der Waals surface area contributed by atoms with Crippen LogP contribution in [0.15, 0.2) is 71.8 Å². The van der Waals surface area contributed by atoms with Gasteiger partial charge in [-0.25, -0.2) is 8.78 Å². The van der Waals surface area contributed by atoms with Gasteiger partial charge in [-0.2, -0.15) is 0 Å². The molecule has 0 saturated heterocycles. The van der Waals surface area contributed by atoms with E-state index < -0.39 is 29.4 Å². The first-order valence-corrected chi connectivity index (χ1v) is 13.1. The second-order valence-electron chi connectivity index (χ2n) is 9.60. The lowest BCUT2D eigenvalue weighted by Gasteiger charge is -2.36. The molecule has 0 spiro atoms. The number of benzene rings is 2. The number of hydrogen-bond acceptors (Lipinski definition) is 6. The van der Waals surface area contributed by atoms with Gasteiger partial charge in [0.25, 0.3) is 6.47 Å². The summed E-state index contributed by atoms with van der Waals surface area (Å²) >= 11 is 0. The smallest absolute Gasteiger partial charge is 0.293 e. The number of anilines is 1. The number of nitrogens with one attached hydrogen (secondary N) is 1. The fraction of sp³-hybridized carbons (Fsp3) is 0.400. The summed E-state index contributed by atoms with van der Waals surface area (Å²) in [5, 5.41) is 3.26. The Balaban J connectivity index is 1.71.